The van der Waals surface area contributed by atoms with Gasteiger partial charge in [0.15, 0.2) is 5.78 Å². The zero-order chi connectivity index (χ0) is 14.8. The quantitative estimate of drug-likeness (QED) is 0.811. The van der Waals surface area contributed by atoms with Crippen LogP contribution in [-0.4, -0.2) is 40.2 Å². The fourth-order valence-electron chi connectivity index (χ4n) is 2.12. The number of ketones is 1. The van der Waals surface area contributed by atoms with Crippen molar-refractivity contribution in [1.29, 1.82) is 0 Å². The van der Waals surface area contributed by atoms with E-state index in [1.807, 2.05) is 0 Å². The number of carbonyl (C=O) groups excluding carboxylic acids is 1. The van der Waals surface area contributed by atoms with E-state index in [1.54, 1.807) is 18.2 Å². The largest absolute Gasteiger partial charge is 0.489 e. The van der Waals surface area contributed by atoms with E-state index >= 15 is 0 Å². The van der Waals surface area contributed by atoms with Crippen LogP contribution in [0.1, 0.15) is 23.2 Å². The number of hydrogen-bond acceptors (Lipinski definition) is 5. The van der Waals surface area contributed by atoms with Crippen LogP contribution in [0.4, 0.5) is 5.69 Å². The Morgan fingerprint density at radius 1 is 1.45 bits per heavy atom. The van der Waals surface area contributed by atoms with Crippen LogP contribution in [-0.2, 0) is 10.0 Å². The molecule has 0 saturated heterocycles. The Morgan fingerprint density at radius 3 is 2.85 bits per heavy atom. The van der Waals surface area contributed by atoms with Gasteiger partial charge >= 0.3 is 0 Å². The van der Waals surface area contributed by atoms with Crippen LogP contribution in [0.15, 0.2) is 18.2 Å². The van der Waals surface area contributed by atoms with Gasteiger partial charge in [0.25, 0.3) is 0 Å². The normalized spacial score (nSPS) is 14.6. The lowest BCUT2D eigenvalue weighted by Crippen LogP contribution is -2.37. The van der Waals surface area contributed by atoms with E-state index in [4.69, 9.17) is 10.5 Å². The van der Waals surface area contributed by atoms with Crippen molar-refractivity contribution in [1.82, 2.24) is 0 Å². The first-order valence-corrected chi connectivity index (χ1v) is 8.26. The maximum absolute atomic E-state index is 12.0. The van der Waals surface area contributed by atoms with Crippen LogP contribution in [0.25, 0.3) is 0 Å². The Kier molecular flexibility index (Phi) is 4.29. The number of fused-ring (bicyclic) bond motifs is 1. The van der Waals surface area contributed by atoms with E-state index in [0.717, 1.165) is 6.26 Å². The lowest BCUT2D eigenvalue weighted by Gasteiger charge is -2.29. The number of nitrogens with two attached hydrogens (primary N) is 1. The molecular formula is C13H18N2O4S. The fourth-order valence-corrected chi connectivity index (χ4v) is 3.02. The first-order valence-electron chi connectivity index (χ1n) is 6.41. The maximum Gasteiger partial charge on any atom is 0.232 e. The highest BCUT2D eigenvalue weighted by molar-refractivity contribution is 7.92. The maximum atomic E-state index is 12.0. The summed E-state index contributed by atoms with van der Waals surface area (Å²) in [6.07, 6.45) is 2.11. The third-order valence-electron chi connectivity index (χ3n) is 3.11. The number of Topliss-reactive ketones (excluding diaryl/α,β-unsaturated/α-hetero) is 1. The fraction of sp³-hybridized carbons (Fsp3) is 0.462. The molecule has 7 heteroatoms. The second-order valence-electron chi connectivity index (χ2n) is 4.68. The number of benzene rings is 1. The van der Waals surface area contributed by atoms with E-state index in [1.165, 1.54) is 4.31 Å². The smallest absolute Gasteiger partial charge is 0.232 e. The minimum absolute atomic E-state index is 0.0442. The average molecular weight is 298 g/mol. The molecule has 0 radical (unpaired) electrons. The monoisotopic (exact) mass is 298 g/mol. The summed E-state index contributed by atoms with van der Waals surface area (Å²) in [4.78, 5) is 12.0. The molecule has 1 aliphatic rings. The van der Waals surface area contributed by atoms with Gasteiger partial charge in [-0.25, -0.2) is 8.42 Å². The van der Waals surface area contributed by atoms with Gasteiger partial charge in [0, 0.05) is 12.0 Å². The topological polar surface area (TPSA) is 89.7 Å². The predicted molar refractivity (Wildman–Crippen MR) is 76.7 cm³/mol. The summed E-state index contributed by atoms with van der Waals surface area (Å²) >= 11 is 0. The highest BCUT2D eigenvalue weighted by Gasteiger charge is 2.26. The van der Waals surface area contributed by atoms with Gasteiger partial charge in [0.1, 0.15) is 12.4 Å². The molecule has 2 rings (SSSR count). The van der Waals surface area contributed by atoms with Gasteiger partial charge in [-0.2, -0.15) is 0 Å². The van der Waals surface area contributed by atoms with Crippen molar-refractivity contribution >= 4 is 21.5 Å². The molecular weight excluding hydrogens is 280 g/mol. The van der Waals surface area contributed by atoms with Crippen LogP contribution >= 0.6 is 0 Å². The van der Waals surface area contributed by atoms with Crippen LogP contribution in [0, 0.1) is 0 Å². The molecule has 110 valence electrons. The number of ether oxygens (including phenoxy) is 1. The second kappa shape index (κ2) is 5.80. The molecule has 0 aliphatic carbocycles. The van der Waals surface area contributed by atoms with Crippen molar-refractivity contribution in [2.75, 3.05) is 30.3 Å². The van der Waals surface area contributed by atoms with Crippen molar-refractivity contribution < 1.29 is 17.9 Å². The summed E-state index contributed by atoms with van der Waals surface area (Å²) in [6.45, 7) is 1.02. The second-order valence-corrected chi connectivity index (χ2v) is 6.59. The van der Waals surface area contributed by atoms with Crippen molar-refractivity contribution in [2.24, 2.45) is 5.73 Å². The summed E-state index contributed by atoms with van der Waals surface area (Å²) in [5, 5.41) is 0. The Labute approximate surface area is 118 Å². The molecule has 1 aromatic carbocycles. The molecule has 0 unspecified atom stereocenters. The lowest BCUT2D eigenvalue weighted by molar-refractivity contribution is 0.0980. The minimum Gasteiger partial charge on any atom is -0.489 e. The molecule has 1 aromatic rings. The molecule has 0 spiro atoms. The molecule has 0 saturated carbocycles. The summed E-state index contributed by atoms with van der Waals surface area (Å²) in [5.41, 5.74) is 6.30. The Hall–Kier alpha value is -1.60. The standard InChI is InChI=1S/C13H18N2O4S/c1-20(17,18)15-7-8-19-13-5-4-10(9-11(13)15)12(16)3-2-6-14/h4-5,9H,2-3,6-8,14H2,1H3. The van der Waals surface area contributed by atoms with Gasteiger partial charge in [-0.3, -0.25) is 9.10 Å². The summed E-state index contributed by atoms with van der Waals surface area (Å²) in [7, 11) is -3.38. The first-order chi connectivity index (χ1) is 9.43. The van der Waals surface area contributed by atoms with E-state index < -0.39 is 10.0 Å². The van der Waals surface area contributed by atoms with Crippen molar-refractivity contribution in [2.45, 2.75) is 12.8 Å². The Balaban J connectivity index is 2.35. The predicted octanol–water partition coefficient (Wildman–Crippen LogP) is 0.767. The number of carbonyl (C=O) groups is 1. The molecule has 0 atom stereocenters. The lowest BCUT2D eigenvalue weighted by atomic mass is 10.1. The average Bonchev–Trinajstić information content (AvgIpc) is 2.42. The SMILES string of the molecule is CS(=O)(=O)N1CCOc2ccc(C(=O)CCCN)cc21. The molecule has 20 heavy (non-hydrogen) atoms. The molecule has 6 nitrogen and oxygen atoms in total. The van der Waals surface area contributed by atoms with E-state index in [2.05, 4.69) is 0 Å². The zero-order valence-corrected chi connectivity index (χ0v) is 12.1. The summed E-state index contributed by atoms with van der Waals surface area (Å²) in [6, 6.07) is 4.88. The molecule has 1 heterocycles. The number of rotatable bonds is 5. The molecule has 0 amide bonds. The van der Waals surface area contributed by atoms with E-state index in [-0.39, 0.29) is 12.3 Å². The zero-order valence-electron chi connectivity index (χ0n) is 11.3. The van der Waals surface area contributed by atoms with E-state index in [9.17, 15) is 13.2 Å². The Bertz CT molecular complexity index is 613. The molecule has 1 aliphatic heterocycles. The van der Waals surface area contributed by atoms with Crippen molar-refractivity contribution in [3.8, 4) is 5.75 Å². The minimum atomic E-state index is -3.38. The van der Waals surface area contributed by atoms with Crippen molar-refractivity contribution in [3.05, 3.63) is 23.8 Å². The Morgan fingerprint density at radius 2 is 2.20 bits per heavy atom. The number of nitrogens with zero attached hydrogens (tertiary/aromatic N) is 1. The van der Waals surface area contributed by atoms with Gasteiger partial charge in [-0.05, 0) is 31.2 Å². The summed E-state index contributed by atoms with van der Waals surface area (Å²) in [5.74, 6) is 0.439. The molecule has 0 aromatic heterocycles. The van der Waals surface area contributed by atoms with Crippen molar-refractivity contribution in [3.63, 3.8) is 0 Å². The number of hydrogen-bond donors (Lipinski definition) is 1. The third kappa shape index (κ3) is 3.10. The van der Waals surface area contributed by atoms with Gasteiger partial charge in [0.05, 0.1) is 18.5 Å². The molecule has 0 fully saturated rings. The van der Waals surface area contributed by atoms with Crippen LogP contribution < -0.4 is 14.8 Å². The van der Waals surface area contributed by atoms with E-state index in [0.29, 0.717) is 43.0 Å². The van der Waals surface area contributed by atoms with Gasteiger partial charge in [-0.1, -0.05) is 0 Å². The van der Waals surface area contributed by atoms with Gasteiger partial charge < -0.3 is 10.5 Å². The third-order valence-corrected chi connectivity index (χ3v) is 4.29. The highest BCUT2D eigenvalue weighted by atomic mass is 32.2. The molecule has 0 bridgehead atoms. The summed E-state index contributed by atoms with van der Waals surface area (Å²) < 4.78 is 30.2. The highest BCUT2D eigenvalue weighted by Crippen LogP contribution is 2.34. The number of anilines is 1. The van der Waals surface area contributed by atoms with Gasteiger partial charge in [0.2, 0.25) is 10.0 Å². The van der Waals surface area contributed by atoms with Crippen LogP contribution in [0.5, 0.6) is 5.75 Å². The van der Waals surface area contributed by atoms with Crippen LogP contribution in [0.2, 0.25) is 0 Å². The van der Waals surface area contributed by atoms with Crippen LogP contribution in [0.3, 0.4) is 0 Å². The molecule has 2 N–H and O–H groups in total. The number of sulfonamides is 1. The first kappa shape index (κ1) is 14.8. The van der Waals surface area contributed by atoms with Gasteiger partial charge in [-0.15, -0.1) is 0 Å².